The van der Waals surface area contributed by atoms with Crippen LogP contribution in [0.25, 0.3) is 0 Å². The molecule has 1 fully saturated rings. The second kappa shape index (κ2) is 7.89. The quantitative estimate of drug-likeness (QED) is 0.864. The van der Waals surface area contributed by atoms with Crippen LogP contribution in [0.3, 0.4) is 0 Å². The van der Waals surface area contributed by atoms with Gasteiger partial charge in [0.15, 0.2) is 0 Å². The number of hydrogen-bond acceptors (Lipinski definition) is 2. The Morgan fingerprint density at radius 1 is 1.16 bits per heavy atom. The van der Waals surface area contributed by atoms with Gasteiger partial charge in [-0.15, -0.1) is 0 Å². The van der Waals surface area contributed by atoms with Crippen molar-refractivity contribution in [3.05, 3.63) is 29.3 Å². The summed E-state index contributed by atoms with van der Waals surface area (Å²) in [7, 11) is 0. The topological polar surface area (TPSA) is 58.2 Å². The number of halogens is 3. The number of benzene rings is 1. The predicted octanol–water partition coefficient (Wildman–Crippen LogP) is 3.73. The Hall–Kier alpha value is -2.05. The van der Waals surface area contributed by atoms with Crippen LogP contribution < -0.4 is 10.6 Å². The number of aryl methyl sites for hydroxylation is 2. The fourth-order valence-corrected chi connectivity index (χ4v) is 3.23. The molecule has 2 rings (SSSR count). The maximum absolute atomic E-state index is 12.8. The summed E-state index contributed by atoms with van der Waals surface area (Å²) >= 11 is 0. The molecule has 138 valence electrons. The predicted molar refractivity (Wildman–Crippen MR) is 89.1 cm³/mol. The standard InChI is InChI=1S/C18H23F3N2O2/c1-11-5-3-6-12(2)16(11)23-15(24)10-22-17(25)13-7-4-8-14(9-13)18(19,20)21/h3,5-6,13-14H,4,7-10H2,1-2H3,(H,22,25)(H,23,24)/t13-,14+/m0/s1. The summed E-state index contributed by atoms with van der Waals surface area (Å²) < 4.78 is 38.4. The first kappa shape index (κ1) is 19.3. The third-order valence-corrected chi connectivity index (χ3v) is 4.68. The molecule has 1 aromatic rings. The summed E-state index contributed by atoms with van der Waals surface area (Å²) in [6, 6.07) is 5.60. The van der Waals surface area contributed by atoms with E-state index in [2.05, 4.69) is 10.6 Å². The van der Waals surface area contributed by atoms with Crippen LogP contribution in [0.5, 0.6) is 0 Å². The molecule has 7 heteroatoms. The lowest BCUT2D eigenvalue weighted by Gasteiger charge is -2.29. The van der Waals surface area contributed by atoms with Gasteiger partial charge in [0.1, 0.15) is 0 Å². The molecule has 0 spiro atoms. The minimum atomic E-state index is -4.27. The average Bonchev–Trinajstić information content (AvgIpc) is 2.55. The highest BCUT2D eigenvalue weighted by Gasteiger charge is 2.43. The minimum absolute atomic E-state index is 0.0698. The molecule has 0 bridgehead atoms. The number of amides is 2. The minimum Gasteiger partial charge on any atom is -0.347 e. The molecule has 4 nitrogen and oxygen atoms in total. The Morgan fingerprint density at radius 2 is 1.80 bits per heavy atom. The molecule has 0 radical (unpaired) electrons. The van der Waals surface area contributed by atoms with Gasteiger partial charge in [-0.1, -0.05) is 24.6 Å². The number of para-hydroxylation sites is 1. The van der Waals surface area contributed by atoms with Gasteiger partial charge in [-0.25, -0.2) is 0 Å². The summed E-state index contributed by atoms with van der Waals surface area (Å²) in [4.78, 5) is 24.1. The van der Waals surface area contributed by atoms with Crippen molar-refractivity contribution >= 4 is 17.5 Å². The van der Waals surface area contributed by atoms with E-state index < -0.39 is 29.8 Å². The molecule has 1 aromatic carbocycles. The van der Waals surface area contributed by atoms with Crippen LogP contribution in [0.4, 0.5) is 18.9 Å². The molecule has 2 amide bonds. The maximum atomic E-state index is 12.8. The number of nitrogens with one attached hydrogen (secondary N) is 2. The van der Waals surface area contributed by atoms with Crippen molar-refractivity contribution in [1.82, 2.24) is 5.32 Å². The van der Waals surface area contributed by atoms with Crippen LogP contribution in [0, 0.1) is 25.7 Å². The third kappa shape index (κ3) is 5.21. The summed E-state index contributed by atoms with van der Waals surface area (Å²) in [5.74, 6) is -2.99. The van der Waals surface area contributed by atoms with Crippen LogP contribution in [0.15, 0.2) is 18.2 Å². The Balaban J connectivity index is 1.86. The van der Waals surface area contributed by atoms with Crippen molar-refractivity contribution in [2.45, 2.75) is 45.7 Å². The molecule has 0 heterocycles. The van der Waals surface area contributed by atoms with Crippen LogP contribution in [-0.2, 0) is 9.59 Å². The van der Waals surface area contributed by atoms with Gasteiger partial charge in [-0.3, -0.25) is 9.59 Å². The van der Waals surface area contributed by atoms with Crippen molar-refractivity contribution in [2.24, 2.45) is 11.8 Å². The highest BCUT2D eigenvalue weighted by atomic mass is 19.4. The van der Waals surface area contributed by atoms with E-state index >= 15 is 0 Å². The molecule has 1 aliphatic rings. The Labute approximate surface area is 145 Å². The first-order valence-electron chi connectivity index (χ1n) is 8.39. The normalized spacial score (nSPS) is 20.8. The lowest BCUT2D eigenvalue weighted by Crippen LogP contribution is -2.40. The maximum Gasteiger partial charge on any atom is 0.391 e. The van der Waals surface area contributed by atoms with E-state index in [0.29, 0.717) is 18.5 Å². The first-order valence-corrected chi connectivity index (χ1v) is 8.39. The molecule has 0 aromatic heterocycles. The van der Waals surface area contributed by atoms with Crippen molar-refractivity contribution in [3.8, 4) is 0 Å². The van der Waals surface area contributed by atoms with Gasteiger partial charge >= 0.3 is 6.18 Å². The molecule has 2 atom stereocenters. The van der Waals surface area contributed by atoms with E-state index in [1.54, 1.807) is 0 Å². The second-order valence-corrected chi connectivity index (χ2v) is 6.63. The summed E-state index contributed by atoms with van der Waals surface area (Å²) in [6.07, 6.45) is -3.60. The molecule has 0 aliphatic heterocycles. The van der Waals surface area contributed by atoms with E-state index in [1.165, 1.54) is 0 Å². The molecule has 1 aliphatic carbocycles. The second-order valence-electron chi connectivity index (χ2n) is 6.63. The fourth-order valence-electron chi connectivity index (χ4n) is 3.23. The molecular weight excluding hydrogens is 333 g/mol. The Kier molecular flexibility index (Phi) is 6.08. The zero-order valence-corrected chi connectivity index (χ0v) is 14.4. The number of carbonyl (C=O) groups excluding carboxylic acids is 2. The van der Waals surface area contributed by atoms with Gasteiger partial charge in [0.05, 0.1) is 12.5 Å². The lowest BCUT2D eigenvalue weighted by molar-refractivity contribution is -0.186. The van der Waals surface area contributed by atoms with Gasteiger partial charge in [0, 0.05) is 11.6 Å². The number of rotatable bonds is 4. The number of carbonyl (C=O) groups is 2. The Morgan fingerprint density at radius 3 is 2.40 bits per heavy atom. The third-order valence-electron chi connectivity index (χ3n) is 4.68. The van der Waals surface area contributed by atoms with Crippen LogP contribution in [0.1, 0.15) is 36.8 Å². The van der Waals surface area contributed by atoms with Crippen LogP contribution in [-0.4, -0.2) is 24.5 Å². The summed E-state index contributed by atoms with van der Waals surface area (Å²) in [6.45, 7) is 3.47. The van der Waals surface area contributed by atoms with Gasteiger partial charge in [0.2, 0.25) is 11.8 Å². The number of hydrogen-bond donors (Lipinski definition) is 2. The summed E-state index contributed by atoms with van der Waals surface area (Å²) in [5.41, 5.74) is 2.50. The fraction of sp³-hybridized carbons (Fsp3) is 0.556. The van der Waals surface area contributed by atoms with Crippen LogP contribution >= 0.6 is 0 Å². The molecule has 25 heavy (non-hydrogen) atoms. The molecule has 0 saturated heterocycles. The first-order chi connectivity index (χ1) is 11.7. The zero-order valence-electron chi connectivity index (χ0n) is 14.4. The molecule has 0 unspecified atom stereocenters. The van der Waals surface area contributed by atoms with Gasteiger partial charge in [-0.05, 0) is 44.2 Å². The zero-order chi connectivity index (χ0) is 18.6. The van der Waals surface area contributed by atoms with E-state index in [1.807, 2.05) is 32.0 Å². The average molecular weight is 356 g/mol. The van der Waals surface area contributed by atoms with Crippen molar-refractivity contribution in [3.63, 3.8) is 0 Å². The SMILES string of the molecule is Cc1cccc(C)c1NC(=O)CNC(=O)[C@H]1CCC[C@@H](C(F)(F)F)C1. The van der Waals surface area contributed by atoms with Crippen molar-refractivity contribution in [1.29, 1.82) is 0 Å². The van der Waals surface area contributed by atoms with E-state index in [0.717, 1.165) is 11.1 Å². The molecular formula is C18H23F3N2O2. The largest absolute Gasteiger partial charge is 0.391 e. The monoisotopic (exact) mass is 356 g/mol. The highest BCUT2D eigenvalue weighted by Crippen LogP contribution is 2.39. The van der Waals surface area contributed by atoms with Crippen molar-refractivity contribution in [2.75, 3.05) is 11.9 Å². The van der Waals surface area contributed by atoms with E-state index in [9.17, 15) is 22.8 Å². The van der Waals surface area contributed by atoms with E-state index in [4.69, 9.17) is 0 Å². The van der Waals surface area contributed by atoms with Gasteiger partial charge in [-0.2, -0.15) is 13.2 Å². The lowest BCUT2D eigenvalue weighted by atomic mass is 9.80. The highest BCUT2D eigenvalue weighted by molar-refractivity contribution is 5.96. The number of anilines is 1. The van der Waals surface area contributed by atoms with E-state index in [-0.39, 0.29) is 19.4 Å². The Bertz CT molecular complexity index is 623. The molecule has 1 saturated carbocycles. The summed E-state index contributed by atoms with van der Waals surface area (Å²) in [5, 5.41) is 5.20. The van der Waals surface area contributed by atoms with Gasteiger partial charge < -0.3 is 10.6 Å². The smallest absolute Gasteiger partial charge is 0.347 e. The molecule has 2 N–H and O–H groups in total. The van der Waals surface area contributed by atoms with Crippen molar-refractivity contribution < 1.29 is 22.8 Å². The number of alkyl halides is 3. The van der Waals surface area contributed by atoms with Gasteiger partial charge in [0.25, 0.3) is 0 Å². The van der Waals surface area contributed by atoms with Crippen LogP contribution in [0.2, 0.25) is 0 Å².